The predicted octanol–water partition coefficient (Wildman–Crippen LogP) is 3.39. The molecule has 1 amide bonds. The third kappa shape index (κ3) is 3.81. The highest BCUT2D eigenvalue weighted by atomic mass is 19.1. The number of carbonyl (C=O) groups excluding carboxylic acids is 1. The lowest BCUT2D eigenvalue weighted by Gasteiger charge is -2.21. The van der Waals surface area contributed by atoms with E-state index in [1.807, 2.05) is 31.2 Å². The molecule has 2 N–H and O–H groups in total. The quantitative estimate of drug-likeness (QED) is 0.856. The molecule has 0 saturated heterocycles. The number of amides is 1. The fraction of sp³-hybridized carbons (Fsp3) is 0.235. The van der Waals surface area contributed by atoms with Crippen LogP contribution in [0.2, 0.25) is 0 Å². The van der Waals surface area contributed by atoms with E-state index < -0.39 is 0 Å². The van der Waals surface area contributed by atoms with Crippen molar-refractivity contribution in [3.63, 3.8) is 0 Å². The van der Waals surface area contributed by atoms with Crippen molar-refractivity contribution >= 4 is 17.3 Å². The number of halogens is 1. The minimum atomic E-state index is -0.306. The number of para-hydroxylation sites is 1. The number of rotatable bonds is 5. The van der Waals surface area contributed by atoms with Crippen LogP contribution in [0.15, 0.2) is 48.5 Å². The summed E-state index contributed by atoms with van der Waals surface area (Å²) in [6.07, 6.45) is 0.975. The molecule has 0 bridgehead atoms. The Morgan fingerprint density at radius 2 is 1.81 bits per heavy atom. The van der Waals surface area contributed by atoms with Crippen molar-refractivity contribution in [3.05, 3.63) is 59.9 Å². The van der Waals surface area contributed by atoms with Crippen molar-refractivity contribution < 1.29 is 9.18 Å². The second-order valence-electron chi connectivity index (χ2n) is 4.81. The first-order valence-corrected chi connectivity index (χ1v) is 7.01. The molecule has 4 heteroatoms. The molecule has 3 nitrogen and oxygen atoms in total. The fourth-order valence-electron chi connectivity index (χ4n) is 2.26. The molecular weight excluding hydrogens is 267 g/mol. The van der Waals surface area contributed by atoms with Crippen LogP contribution in [0.5, 0.6) is 0 Å². The van der Waals surface area contributed by atoms with Gasteiger partial charge in [0.2, 0.25) is 5.91 Å². The first-order valence-electron chi connectivity index (χ1n) is 7.01. The van der Waals surface area contributed by atoms with Crippen molar-refractivity contribution in [2.24, 2.45) is 0 Å². The highest BCUT2D eigenvalue weighted by molar-refractivity contribution is 5.93. The molecule has 0 atom stereocenters. The van der Waals surface area contributed by atoms with E-state index in [-0.39, 0.29) is 11.7 Å². The number of hydrogen-bond acceptors (Lipinski definition) is 2. The van der Waals surface area contributed by atoms with E-state index in [1.54, 1.807) is 17.0 Å². The molecule has 110 valence electrons. The van der Waals surface area contributed by atoms with Gasteiger partial charge in [0.05, 0.1) is 0 Å². The van der Waals surface area contributed by atoms with E-state index in [0.717, 1.165) is 5.56 Å². The number of anilines is 2. The molecule has 0 aliphatic carbocycles. The van der Waals surface area contributed by atoms with Crippen molar-refractivity contribution in [2.75, 3.05) is 17.2 Å². The summed E-state index contributed by atoms with van der Waals surface area (Å²) in [5, 5.41) is 0. The van der Waals surface area contributed by atoms with Crippen LogP contribution in [-0.2, 0) is 11.2 Å². The third-order valence-electron chi connectivity index (χ3n) is 3.42. The van der Waals surface area contributed by atoms with Gasteiger partial charge in [0.1, 0.15) is 5.82 Å². The Kier molecular flexibility index (Phi) is 4.93. The Hall–Kier alpha value is -2.36. The van der Waals surface area contributed by atoms with Gasteiger partial charge in [-0.3, -0.25) is 4.79 Å². The molecule has 0 aliphatic heterocycles. The van der Waals surface area contributed by atoms with Gasteiger partial charge in [0.25, 0.3) is 0 Å². The van der Waals surface area contributed by atoms with Gasteiger partial charge in [-0.1, -0.05) is 18.2 Å². The maximum Gasteiger partial charge on any atom is 0.227 e. The van der Waals surface area contributed by atoms with Crippen molar-refractivity contribution in [1.29, 1.82) is 0 Å². The molecule has 2 aromatic rings. The minimum Gasteiger partial charge on any atom is -0.399 e. The first-order chi connectivity index (χ1) is 10.1. The largest absolute Gasteiger partial charge is 0.399 e. The van der Waals surface area contributed by atoms with E-state index in [4.69, 9.17) is 5.73 Å². The molecular formula is C17H19FN2O. The van der Waals surface area contributed by atoms with Crippen molar-refractivity contribution in [1.82, 2.24) is 0 Å². The standard InChI is InChI=1S/C17H19FN2O/c1-2-20(15-10-8-14(18)9-11-15)17(21)12-7-13-5-3-4-6-16(13)19/h3-6,8-11H,2,7,12,19H2,1H3. The van der Waals surface area contributed by atoms with Gasteiger partial charge in [-0.2, -0.15) is 0 Å². The highest BCUT2D eigenvalue weighted by Crippen LogP contribution is 2.18. The van der Waals surface area contributed by atoms with Gasteiger partial charge in [-0.05, 0) is 49.2 Å². The molecule has 0 unspecified atom stereocenters. The Morgan fingerprint density at radius 1 is 1.14 bits per heavy atom. The summed E-state index contributed by atoms with van der Waals surface area (Å²) in [6, 6.07) is 13.5. The van der Waals surface area contributed by atoms with Crippen LogP contribution in [0.1, 0.15) is 18.9 Å². The number of aryl methyl sites for hydroxylation is 1. The van der Waals surface area contributed by atoms with Crippen molar-refractivity contribution in [3.8, 4) is 0 Å². The Labute approximate surface area is 124 Å². The molecule has 0 fully saturated rings. The Bertz CT molecular complexity index is 610. The van der Waals surface area contributed by atoms with Gasteiger partial charge in [-0.15, -0.1) is 0 Å². The summed E-state index contributed by atoms with van der Waals surface area (Å²) in [5.74, 6) is -0.299. The maximum atomic E-state index is 13.0. The second-order valence-corrected chi connectivity index (χ2v) is 4.81. The number of nitrogen functional groups attached to an aromatic ring is 1. The Balaban J connectivity index is 2.04. The molecule has 0 aromatic heterocycles. The van der Waals surface area contributed by atoms with Gasteiger partial charge in [0.15, 0.2) is 0 Å². The van der Waals surface area contributed by atoms with Crippen LogP contribution < -0.4 is 10.6 Å². The highest BCUT2D eigenvalue weighted by Gasteiger charge is 2.14. The summed E-state index contributed by atoms with van der Waals surface area (Å²) in [4.78, 5) is 14.0. The molecule has 0 heterocycles. The normalized spacial score (nSPS) is 10.4. The van der Waals surface area contributed by atoms with Crippen LogP contribution in [0, 0.1) is 5.82 Å². The number of nitrogens with zero attached hydrogens (tertiary/aromatic N) is 1. The molecule has 2 aromatic carbocycles. The number of carbonyl (C=O) groups is 1. The lowest BCUT2D eigenvalue weighted by molar-refractivity contribution is -0.118. The number of benzene rings is 2. The lowest BCUT2D eigenvalue weighted by Crippen LogP contribution is -2.30. The van der Waals surface area contributed by atoms with Crippen LogP contribution in [0.3, 0.4) is 0 Å². The zero-order valence-electron chi connectivity index (χ0n) is 12.1. The van der Waals surface area contributed by atoms with E-state index in [1.165, 1.54) is 12.1 Å². The van der Waals surface area contributed by atoms with Gasteiger partial charge in [-0.25, -0.2) is 4.39 Å². The summed E-state index contributed by atoms with van der Waals surface area (Å²) >= 11 is 0. The molecule has 0 aliphatic rings. The van der Waals surface area contributed by atoms with E-state index in [0.29, 0.717) is 30.8 Å². The molecule has 2 rings (SSSR count). The van der Waals surface area contributed by atoms with E-state index in [2.05, 4.69) is 0 Å². The van der Waals surface area contributed by atoms with E-state index >= 15 is 0 Å². The first kappa shape index (κ1) is 15.0. The topological polar surface area (TPSA) is 46.3 Å². The second kappa shape index (κ2) is 6.88. The van der Waals surface area contributed by atoms with Gasteiger partial charge >= 0.3 is 0 Å². The molecule has 0 spiro atoms. The third-order valence-corrected chi connectivity index (χ3v) is 3.42. The smallest absolute Gasteiger partial charge is 0.227 e. The van der Waals surface area contributed by atoms with Crippen LogP contribution in [0.25, 0.3) is 0 Å². The van der Waals surface area contributed by atoms with Gasteiger partial charge in [0, 0.05) is 24.3 Å². The summed E-state index contributed by atoms with van der Waals surface area (Å²) < 4.78 is 13.0. The predicted molar refractivity (Wildman–Crippen MR) is 83.6 cm³/mol. The number of hydrogen-bond donors (Lipinski definition) is 1. The summed E-state index contributed by atoms with van der Waals surface area (Å²) in [5.41, 5.74) is 8.27. The zero-order chi connectivity index (χ0) is 15.2. The average molecular weight is 286 g/mol. The van der Waals surface area contributed by atoms with Crippen LogP contribution in [-0.4, -0.2) is 12.5 Å². The minimum absolute atomic E-state index is 0.00682. The van der Waals surface area contributed by atoms with Gasteiger partial charge < -0.3 is 10.6 Å². The monoisotopic (exact) mass is 286 g/mol. The zero-order valence-corrected chi connectivity index (χ0v) is 12.1. The van der Waals surface area contributed by atoms with Crippen molar-refractivity contribution in [2.45, 2.75) is 19.8 Å². The Morgan fingerprint density at radius 3 is 2.43 bits per heavy atom. The van der Waals surface area contributed by atoms with Crippen LogP contribution >= 0.6 is 0 Å². The lowest BCUT2D eigenvalue weighted by atomic mass is 10.1. The number of nitrogens with two attached hydrogens (primary N) is 1. The summed E-state index contributed by atoms with van der Waals surface area (Å²) in [7, 11) is 0. The molecule has 0 radical (unpaired) electrons. The molecule has 0 saturated carbocycles. The van der Waals surface area contributed by atoms with E-state index in [9.17, 15) is 9.18 Å². The summed E-state index contributed by atoms with van der Waals surface area (Å²) in [6.45, 7) is 2.45. The fourth-order valence-corrected chi connectivity index (χ4v) is 2.26. The molecule has 21 heavy (non-hydrogen) atoms. The van der Waals surface area contributed by atoms with Crippen LogP contribution in [0.4, 0.5) is 15.8 Å². The maximum absolute atomic E-state index is 13.0. The SMILES string of the molecule is CCN(C(=O)CCc1ccccc1N)c1ccc(F)cc1. The average Bonchev–Trinajstić information content (AvgIpc) is 2.49.